The molecule has 1 saturated heterocycles. The normalized spacial score (nSPS) is 20.1. The van der Waals surface area contributed by atoms with Crippen molar-refractivity contribution in [2.75, 3.05) is 26.7 Å². The van der Waals surface area contributed by atoms with Crippen LogP contribution in [0.2, 0.25) is 5.02 Å². The zero-order valence-electron chi connectivity index (χ0n) is 18.5. The first-order valence-electron chi connectivity index (χ1n) is 10.7. The van der Waals surface area contributed by atoms with Crippen LogP contribution in [0, 0.1) is 0 Å². The average molecular weight is 546 g/mol. The van der Waals surface area contributed by atoms with Gasteiger partial charge < -0.3 is 25.8 Å². The Labute approximate surface area is 219 Å². The van der Waals surface area contributed by atoms with Crippen LogP contribution in [0.25, 0.3) is 10.9 Å². The Hall–Kier alpha value is -1.88. The van der Waals surface area contributed by atoms with Crippen LogP contribution in [0.4, 0.5) is 0 Å². The fourth-order valence-corrected chi connectivity index (χ4v) is 5.58. The number of benzene rings is 1. The van der Waals surface area contributed by atoms with Gasteiger partial charge in [0.2, 0.25) is 0 Å². The van der Waals surface area contributed by atoms with Gasteiger partial charge in [-0.25, -0.2) is 4.98 Å². The van der Waals surface area contributed by atoms with Gasteiger partial charge in [0, 0.05) is 46.9 Å². The second-order valence-electron chi connectivity index (χ2n) is 8.44. The van der Waals surface area contributed by atoms with Gasteiger partial charge in [-0.05, 0) is 44.3 Å². The summed E-state index contributed by atoms with van der Waals surface area (Å²) in [4.78, 5) is 36.9. The van der Waals surface area contributed by atoms with Gasteiger partial charge in [-0.3, -0.25) is 9.59 Å². The molecule has 4 N–H and O–H groups in total. The zero-order valence-corrected chi connectivity index (χ0v) is 21.7. The van der Waals surface area contributed by atoms with Crippen molar-refractivity contribution in [2.24, 2.45) is 0 Å². The van der Waals surface area contributed by atoms with Crippen molar-refractivity contribution in [2.45, 2.75) is 31.5 Å². The van der Waals surface area contributed by atoms with Crippen LogP contribution in [-0.4, -0.2) is 65.4 Å². The number of hydrogen-bond donors (Lipinski definition) is 4. The van der Waals surface area contributed by atoms with Crippen LogP contribution in [-0.2, 0) is 13.0 Å². The van der Waals surface area contributed by atoms with E-state index in [4.69, 9.17) is 11.6 Å². The van der Waals surface area contributed by atoms with Crippen LogP contribution in [0.15, 0.2) is 24.3 Å². The van der Waals surface area contributed by atoms with E-state index in [1.54, 1.807) is 12.1 Å². The number of H-pyrrole nitrogens is 1. The summed E-state index contributed by atoms with van der Waals surface area (Å²) >= 11 is 7.52. The molecule has 0 bridgehead atoms. The first-order valence-corrected chi connectivity index (χ1v) is 11.9. The lowest BCUT2D eigenvalue weighted by molar-refractivity contribution is 0.0866. The molecule has 184 valence electrons. The van der Waals surface area contributed by atoms with E-state index < -0.39 is 0 Å². The Balaban J connectivity index is 0.00000162. The number of carbonyl (C=O) groups excluding carboxylic acids is 2. The van der Waals surface area contributed by atoms with Gasteiger partial charge in [0.1, 0.15) is 5.69 Å². The number of piperidine rings is 1. The highest BCUT2D eigenvalue weighted by molar-refractivity contribution is 7.13. The molecule has 8 nitrogen and oxygen atoms in total. The molecule has 2 aromatic heterocycles. The molecule has 2 aliphatic heterocycles. The Morgan fingerprint density at radius 2 is 1.97 bits per heavy atom. The first kappa shape index (κ1) is 26.7. The summed E-state index contributed by atoms with van der Waals surface area (Å²) < 4.78 is 0. The second kappa shape index (κ2) is 11.2. The maximum atomic E-state index is 12.9. The molecule has 2 atom stereocenters. The minimum Gasteiger partial charge on any atom is -0.351 e. The van der Waals surface area contributed by atoms with E-state index in [0.29, 0.717) is 22.3 Å². The van der Waals surface area contributed by atoms with Crippen molar-refractivity contribution in [3.63, 3.8) is 0 Å². The van der Waals surface area contributed by atoms with E-state index in [1.807, 2.05) is 12.1 Å². The summed E-state index contributed by atoms with van der Waals surface area (Å²) in [7, 11) is 2.07. The van der Waals surface area contributed by atoms with Crippen molar-refractivity contribution in [1.29, 1.82) is 0 Å². The van der Waals surface area contributed by atoms with E-state index >= 15 is 0 Å². The Bertz CT molecular complexity index is 1180. The lowest BCUT2D eigenvalue weighted by Gasteiger charge is -2.33. The zero-order chi connectivity index (χ0) is 22.2. The smallest absolute Gasteiger partial charge is 0.280 e. The largest absolute Gasteiger partial charge is 0.351 e. The minimum absolute atomic E-state index is 0. The van der Waals surface area contributed by atoms with Crippen molar-refractivity contribution < 1.29 is 9.59 Å². The number of amides is 2. The summed E-state index contributed by atoms with van der Waals surface area (Å²) in [6.45, 7) is 3.16. The minimum atomic E-state index is -0.220. The Kier molecular flexibility index (Phi) is 8.83. The standard InChI is InChI=1S/C22H25ClN6O2S.2ClH/c1-29-7-5-16-19(11-29)32-22(28-16)21(31)27-18-10-24-6-4-15(18)26-20(30)17-9-12-8-13(23)2-3-14(12)25-17;;/h2-3,8-9,15,18,24-25H,4-7,10-11H2,1H3,(H,26,30)(H,27,31);2*1H. The Morgan fingerprint density at radius 1 is 1.18 bits per heavy atom. The molecule has 0 radical (unpaired) electrons. The molecule has 2 amide bonds. The molecule has 34 heavy (non-hydrogen) atoms. The molecule has 4 heterocycles. The third kappa shape index (κ3) is 5.67. The maximum Gasteiger partial charge on any atom is 0.280 e. The number of likely N-dealkylation sites (N-methyl/N-ethyl adjacent to an activating group) is 1. The van der Waals surface area contributed by atoms with Gasteiger partial charge in [0.25, 0.3) is 11.8 Å². The summed E-state index contributed by atoms with van der Waals surface area (Å²) in [5.74, 6) is -0.378. The molecule has 3 aromatic rings. The Morgan fingerprint density at radius 3 is 2.79 bits per heavy atom. The number of carbonyl (C=O) groups is 2. The van der Waals surface area contributed by atoms with Crippen LogP contribution in [0.3, 0.4) is 0 Å². The van der Waals surface area contributed by atoms with E-state index in [-0.39, 0.29) is 48.7 Å². The average Bonchev–Trinajstić information content (AvgIpc) is 3.38. The molecule has 2 aliphatic rings. The summed E-state index contributed by atoms with van der Waals surface area (Å²) in [5, 5.41) is 11.5. The number of fused-ring (bicyclic) bond motifs is 2. The van der Waals surface area contributed by atoms with Crippen molar-refractivity contribution in [3.05, 3.63) is 50.6 Å². The third-order valence-electron chi connectivity index (χ3n) is 6.06. The molecular formula is C22H27Cl3N6O2S. The van der Waals surface area contributed by atoms with Gasteiger partial charge in [0.15, 0.2) is 5.01 Å². The third-order valence-corrected chi connectivity index (χ3v) is 7.38. The molecule has 0 aliphatic carbocycles. The van der Waals surface area contributed by atoms with Gasteiger partial charge >= 0.3 is 0 Å². The highest BCUT2D eigenvalue weighted by Gasteiger charge is 2.30. The fourth-order valence-electron chi connectivity index (χ4n) is 4.31. The van der Waals surface area contributed by atoms with Crippen LogP contribution in [0.1, 0.15) is 37.3 Å². The van der Waals surface area contributed by atoms with E-state index in [1.165, 1.54) is 11.3 Å². The maximum absolute atomic E-state index is 12.9. The first-order chi connectivity index (χ1) is 15.5. The number of rotatable bonds is 4. The van der Waals surface area contributed by atoms with Gasteiger partial charge in [-0.15, -0.1) is 36.2 Å². The number of nitrogens with zero attached hydrogens (tertiary/aromatic N) is 2. The fraction of sp³-hybridized carbons (Fsp3) is 0.409. The number of halogens is 3. The number of aromatic amines is 1. The summed E-state index contributed by atoms with van der Waals surface area (Å²) in [6.07, 6.45) is 1.59. The molecule has 1 aromatic carbocycles. The molecule has 5 rings (SSSR count). The predicted octanol–water partition coefficient (Wildman–Crippen LogP) is 3.00. The molecule has 0 saturated carbocycles. The molecular weight excluding hydrogens is 519 g/mol. The van der Waals surface area contributed by atoms with Crippen molar-refractivity contribution in [3.8, 4) is 0 Å². The number of aromatic nitrogens is 2. The van der Waals surface area contributed by atoms with Crippen molar-refractivity contribution >= 4 is 70.5 Å². The quantitative estimate of drug-likeness (QED) is 0.404. The molecule has 0 spiro atoms. The van der Waals surface area contributed by atoms with Crippen LogP contribution >= 0.6 is 47.8 Å². The topological polar surface area (TPSA) is 102 Å². The molecule has 2 unspecified atom stereocenters. The summed E-state index contributed by atoms with van der Waals surface area (Å²) in [6, 6.07) is 6.86. The van der Waals surface area contributed by atoms with E-state index in [0.717, 1.165) is 53.9 Å². The van der Waals surface area contributed by atoms with E-state index in [9.17, 15) is 9.59 Å². The number of hydrogen-bond acceptors (Lipinski definition) is 6. The molecule has 12 heteroatoms. The highest BCUT2D eigenvalue weighted by Crippen LogP contribution is 2.25. The van der Waals surface area contributed by atoms with Crippen molar-refractivity contribution in [1.82, 2.24) is 30.8 Å². The SMILES string of the molecule is CN1CCc2nc(C(=O)NC3CNCCC3NC(=O)c3cc4cc(Cl)ccc4[nH]3)sc2C1.Cl.Cl. The lowest BCUT2D eigenvalue weighted by Crippen LogP contribution is -2.59. The molecule has 1 fully saturated rings. The predicted molar refractivity (Wildman–Crippen MR) is 140 cm³/mol. The van der Waals surface area contributed by atoms with Crippen LogP contribution in [0.5, 0.6) is 0 Å². The number of nitrogens with one attached hydrogen (secondary N) is 4. The van der Waals surface area contributed by atoms with Gasteiger partial charge in [-0.2, -0.15) is 0 Å². The summed E-state index contributed by atoms with van der Waals surface area (Å²) in [5.41, 5.74) is 2.36. The monoisotopic (exact) mass is 544 g/mol. The van der Waals surface area contributed by atoms with E-state index in [2.05, 4.69) is 37.9 Å². The highest BCUT2D eigenvalue weighted by atomic mass is 35.5. The second-order valence-corrected chi connectivity index (χ2v) is 9.96. The lowest BCUT2D eigenvalue weighted by atomic mass is 10.0. The van der Waals surface area contributed by atoms with Crippen LogP contribution < -0.4 is 16.0 Å². The number of thiazole rings is 1. The van der Waals surface area contributed by atoms with Gasteiger partial charge in [-0.1, -0.05) is 11.6 Å². The van der Waals surface area contributed by atoms with Gasteiger partial charge in [0.05, 0.1) is 17.8 Å².